The lowest BCUT2D eigenvalue weighted by Gasteiger charge is -2.33. The van der Waals surface area contributed by atoms with Gasteiger partial charge < -0.3 is 44.1 Å². The van der Waals surface area contributed by atoms with E-state index >= 15 is 0 Å². The van der Waals surface area contributed by atoms with Gasteiger partial charge in [-0.15, -0.1) is 0 Å². The SMILES string of the molecule is OCCOc1ccc2ccccc2c1C(OC(c1c(OCCO)ccc2ccccc12)c1c(OCCO)ccc2ccccc12)c1c(OCCO)ccc2ccccc12. The first-order chi connectivity index (χ1) is 29.1. The summed E-state index contributed by atoms with van der Waals surface area (Å²) in [5.41, 5.74) is 2.79. The summed E-state index contributed by atoms with van der Waals surface area (Å²) in [5.74, 6) is 2.03. The number of rotatable bonds is 18. The Morgan fingerprint density at radius 3 is 0.780 bits per heavy atom. The molecule has 8 aromatic rings. The van der Waals surface area contributed by atoms with Crippen LogP contribution in [-0.4, -0.2) is 73.3 Å². The summed E-state index contributed by atoms with van der Waals surface area (Å²) in [6, 6.07) is 47.6. The molecule has 0 amide bonds. The second-order valence-electron chi connectivity index (χ2n) is 14.0. The number of aliphatic hydroxyl groups excluding tert-OH is 4. The van der Waals surface area contributed by atoms with Crippen molar-refractivity contribution in [2.24, 2.45) is 0 Å². The summed E-state index contributed by atoms with van der Waals surface area (Å²) in [5, 5.41) is 47.4. The molecule has 8 rings (SSSR count). The van der Waals surface area contributed by atoms with Gasteiger partial charge in [0.15, 0.2) is 0 Å². The maximum absolute atomic E-state index is 10.1. The van der Waals surface area contributed by atoms with E-state index in [0.29, 0.717) is 45.3 Å². The molecule has 8 aromatic carbocycles. The van der Waals surface area contributed by atoms with E-state index in [1.165, 1.54) is 0 Å². The molecule has 9 nitrogen and oxygen atoms in total. The Kier molecular flexibility index (Phi) is 12.5. The molecule has 300 valence electrons. The second-order valence-corrected chi connectivity index (χ2v) is 14.0. The number of ether oxygens (including phenoxy) is 5. The van der Waals surface area contributed by atoms with Crippen molar-refractivity contribution in [3.05, 3.63) is 168 Å². The van der Waals surface area contributed by atoms with E-state index in [1.807, 2.05) is 146 Å². The highest BCUT2D eigenvalue weighted by atomic mass is 16.5. The Bertz CT molecular complexity index is 2330. The van der Waals surface area contributed by atoms with E-state index in [0.717, 1.165) is 43.1 Å². The first kappa shape index (κ1) is 39.6. The molecule has 59 heavy (non-hydrogen) atoms. The van der Waals surface area contributed by atoms with Gasteiger partial charge in [0.25, 0.3) is 0 Å². The lowest BCUT2D eigenvalue weighted by atomic mass is 9.88. The maximum Gasteiger partial charge on any atom is 0.126 e. The van der Waals surface area contributed by atoms with Gasteiger partial charge in [0, 0.05) is 22.3 Å². The molecule has 0 saturated heterocycles. The molecular formula is C50H46O9. The molecular weight excluding hydrogens is 745 g/mol. The predicted octanol–water partition coefficient (Wildman–Crippen LogP) is 8.68. The summed E-state index contributed by atoms with van der Waals surface area (Å²) >= 11 is 0. The third-order valence-corrected chi connectivity index (χ3v) is 10.4. The Morgan fingerprint density at radius 2 is 0.542 bits per heavy atom. The molecule has 0 aliphatic heterocycles. The zero-order chi connectivity index (χ0) is 40.6. The average Bonchev–Trinajstić information content (AvgIpc) is 3.29. The van der Waals surface area contributed by atoms with Crippen LogP contribution in [0.3, 0.4) is 0 Å². The molecule has 0 saturated carbocycles. The van der Waals surface area contributed by atoms with Crippen molar-refractivity contribution >= 4 is 43.1 Å². The van der Waals surface area contributed by atoms with Gasteiger partial charge in [-0.2, -0.15) is 0 Å². The molecule has 0 radical (unpaired) electrons. The van der Waals surface area contributed by atoms with Gasteiger partial charge in [-0.25, -0.2) is 0 Å². The fraction of sp³-hybridized carbons (Fsp3) is 0.200. The monoisotopic (exact) mass is 790 g/mol. The Labute approximate surface area is 342 Å². The van der Waals surface area contributed by atoms with Gasteiger partial charge >= 0.3 is 0 Å². The van der Waals surface area contributed by atoms with E-state index in [-0.39, 0.29) is 52.9 Å². The second kappa shape index (κ2) is 18.6. The molecule has 0 fully saturated rings. The molecule has 0 unspecified atom stereocenters. The number of hydrogen-bond acceptors (Lipinski definition) is 9. The topological polar surface area (TPSA) is 127 Å². The van der Waals surface area contributed by atoms with Crippen molar-refractivity contribution in [3.8, 4) is 23.0 Å². The fourth-order valence-corrected chi connectivity index (χ4v) is 8.01. The van der Waals surface area contributed by atoms with Gasteiger partial charge in [-0.3, -0.25) is 0 Å². The van der Waals surface area contributed by atoms with Crippen LogP contribution >= 0.6 is 0 Å². The van der Waals surface area contributed by atoms with Gasteiger partial charge in [-0.1, -0.05) is 121 Å². The van der Waals surface area contributed by atoms with Crippen LogP contribution in [0.25, 0.3) is 43.1 Å². The summed E-state index contributed by atoms with van der Waals surface area (Å²) < 4.78 is 33.5. The van der Waals surface area contributed by atoms with Crippen molar-refractivity contribution in [3.63, 3.8) is 0 Å². The minimum Gasteiger partial charge on any atom is -0.491 e. The first-order valence-electron chi connectivity index (χ1n) is 19.8. The van der Waals surface area contributed by atoms with Crippen LogP contribution in [0.1, 0.15) is 34.5 Å². The van der Waals surface area contributed by atoms with Gasteiger partial charge in [0.05, 0.1) is 26.4 Å². The summed E-state index contributed by atoms with van der Waals surface area (Å²) in [6.45, 7) is -0.673. The number of fused-ring (bicyclic) bond motifs is 4. The van der Waals surface area contributed by atoms with Crippen molar-refractivity contribution in [2.45, 2.75) is 12.2 Å². The van der Waals surface area contributed by atoms with E-state index in [1.54, 1.807) is 0 Å². The highest BCUT2D eigenvalue weighted by Gasteiger charge is 2.35. The van der Waals surface area contributed by atoms with Crippen LogP contribution in [0.4, 0.5) is 0 Å². The molecule has 0 spiro atoms. The van der Waals surface area contributed by atoms with Crippen molar-refractivity contribution in [2.75, 3.05) is 52.9 Å². The Morgan fingerprint density at radius 1 is 0.305 bits per heavy atom. The number of benzene rings is 8. The van der Waals surface area contributed by atoms with Gasteiger partial charge in [0.1, 0.15) is 61.6 Å². The molecule has 0 atom stereocenters. The zero-order valence-corrected chi connectivity index (χ0v) is 32.5. The van der Waals surface area contributed by atoms with E-state index in [2.05, 4.69) is 0 Å². The molecule has 0 aliphatic carbocycles. The van der Waals surface area contributed by atoms with Crippen LogP contribution in [0.2, 0.25) is 0 Å². The standard InChI is InChI=1S/C50H46O9/c51-25-29-55-41-21-17-33-9-1-5-13-37(33)45(41)49(46-38-14-6-2-10-34(38)18-22-42(46)56-30-26-52)59-50(47-39-15-7-3-11-35(39)19-23-43(47)57-31-27-53)48-40-16-8-4-12-36(40)20-24-44(48)58-32-28-54/h1-24,49-54H,25-32H2. The van der Waals surface area contributed by atoms with Crippen LogP contribution in [-0.2, 0) is 4.74 Å². The number of aliphatic hydroxyl groups is 4. The van der Waals surface area contributed by atoms with Crippen molar-refractivity contribution in [1.29, 1.82) is 0 Å². The highest BCUT2D eigenvalue weighted by Crippen LogP contribution is 2.52. The normalized spacial score (nSPS) is 11.6. The zero-order valence-electron chi connectivity index (χ0n) is 32.5. The Hall–Kier alpha value is -6.20. The summed E-state index contributed by atoms with van der Waals surface area (Å²) in [7, 11) is 0. The summed E-state index contributed by atoms with van der Waals surface area (Å²) in [6.07, 6.45) is -1.90. The average molecular weight is 791 g/mol. The molecule has 9 heteroatoms. The fourth-order valence-electron chi connectivity index (χ4n) is 8.01. The van der Waals surface area contributed by atoms with Crippen LogP contribution in [0, 0.1) is 0 Å². The largest absolute Gasteiger partial charge is 0.491 e. The lowest BCUT2D eigenvalue weighted by molar-refractivity contribution is 0.0269. The van der Waals surface area contributed by atoms with Gasteiger partial charge in [0.2, 0.25) is 0 Å². The smallest absolute Gasteiger partial charge is 0.126 e. The maximum atomic E-state index is 10.1. The van der Waals surface area contributed by atoms with Crippen LogP contribution in [0.15, 0.2) is 146 Å². The van der Waals surface area contributed by atoms with Crippen LogP contribution in [0.5, 0.6) is 23.0 Å². The first-order valence-corrected chi connectivity index (χ1v) is 19.8. The van der Waals surface area contributed by atoms with Crippen molar-refractivity contribution < 1.29 is 44.1 Å². The molecule has 4 N–H and O–H groups in total. The highest BCUT2D eigenvalue weighted by molar-refractivity contribution is 5.94. The van der Waals surface area contributed by atoms with Crippen molar-refractivity contribution in [1.82, 2.24) is 0 Å². The molecule has 0 aromatic heterocycles. The van der Waals surface area contributed by atoms with E-state index in [4.69, 9.17) is 23.7 Å². The quantitative estimate of drug-likeness (QED) is 0.0676. The van der Waals surface area contributed by atoms with Gasteiger partial charge in [-0.05, 0) is 67.4 Å². The number of hydrogen-bond donors (Lipinski definition) is 4. The van der Waals surface area contributed by atoms with E-state index < -0.39 is 12.2 Å². The third kappa shape index (κ3) is 8.12. The molecule has 0 aliphatic rings. The predicted molar refractivity (Wildman–Crippen MR) is 231 cm³/mol. The third-order valence-electron chi connectivity index (χ3n) is 10.4. The minimum absolute atomic E-state index is 0.0375. The molecule has 0 bridgehead atoms. The Balaban J connectivity index is 1.53. The summed E-state index contributed by atoms with van der Waals surface area (Å²) in [4.78, 5) is 0. The van der Waals surface area contributed by atoms with E-state index in [9.17, 15) is 20.4 Å². The minimum atomic E-state index is -0.950. The van der Waals surface area contributed by atoms with Crippen LogP contribution < -0.4 is 18.9 Å². The molecule has 0 heterocycles. The lowest BCUT2D eigenvalue weighted by Crippen LogP contribution is -2.19.